The van der Waals surface area contributed by atoms with E-state index in [0.717, 1.165) is 32.5 Å². The molecule has 0 N–H and O–H groups in total. The Morgan fingerprint density at radius 3 is 2.80 bits per heavy atom. The normalized spacial score (nSPS) is 11.4. The standard InChI is InChI=1S/C18H14BrClN4O/c1-3-25-12-5-6-14(20)13(9-12)18-23-22-17-10(2)21-15-7-4-11(19)8-16(15)24(17)18/h4-9H,3H2,1-2H3. The molecule has 4 rings (SSSR count). The zero-order chi connectivity index (χ0) is 17.6. The lowest BCUT2D eigenvalue weighted by Crippen LogP contribution is -1.98. The number of aryl methyl sites for hydroxylation is 1. The molecule has 0 aliphatic heterocycles. The molecule has 0 amide bonds. The molecule has 0 atom stereocenters. The highest BCUT2D eigenvalue weighted by molar-refractivity contribution is 9.10. The second-order valence-corrected chi connectivity index (χ2v) is 6.91. The van der Waals surface area contributed by atoms with Crippen molar-refractivity contribution >= 4 is 44.2 Å². The molecule has 2 aromatic heterocycles. The van der Waals surface area contributed by atoms with Gasteiger partial charge in [0.05, 0.1) is 28.4 Å². The first kappa shape index (κ1) is 16.3. The quantitative estimate of drug-likeness (QED) is 0.467. The van der Waals surface area contributed by atoms with Gasteiger partial charge in [0.15, 0.2) is 11.5 Å². The fraction of sp³-hybridized carbons (Fsp3) is 0.167. The molecule has 25 heavy (non-hydrogen) atoms. The molecule has 0 saturated carbocycles. The van der Waals surface area contributed by atoms with Gasteiger partial charge < -0.3 is 4.74 Å². The number of ether oxygens (including phenoxy) is 1. The Morgan fingerprint density at radius 2 is 2.00 bits per heavy atom. The third-order valence-corrected chi connectivity index (χ3v) is 4.77. The lowest BCUT2D eigenvalue weighted by Gasteiger charge is -2.10. The summed E-state index contributed by atoms with van der Waals surface area (Å²) >= 11 is 9.97. The molecule has 0 bridgehead atoms. The Bertz CT molecular complexity index is 1110. The molecule has 0 aliphatic carbocycles. The number of halogens is 2. The van der Waals surface area contributed by atoms with Gasteiger partial charge in [0.2, 0.25) is 0 Å². The molecule has 0 fully saturated rings. The van der Waals surface area contributed by atoms with E-state index in [1.54, 1.807) is 0 Å². The van der Waals surface area contributed by atoms with Crippen molar-refractivity contribution in [1.82, 2.24) is 19.6 Å². The molecule has 0 saturated heterocycles. The van der Waals surface area contributed by atoms with Crippen LogP contribution in [0.2, 0.25) is 5.02 Å². The Morgan fingerprint density at radius 1 is 1.16 bits per heavy atom. The van der Waals surface area contributed by atoms with E-state index in [0.29, 0.717) is 23.1 Å². The van der Waals surface area contributed by atoms with Crippen molar-refractivity contribution in [2.24, 2.45) is 0 Å². The van der Waals surface area contributed by atoms with Crippen molar-refractivity contribution in [2.75, 3.05) is 6.61 Å². The molecule has 0 radical (unpaired) electrons. The van der Waals surface area contributed by atoms with Crippen LogP contribution in [0.1, 0.15) is 12.6 Å². The van der Waals surface area contributed by atoms with Crippen molar-refractivity contribution in [3.8, 4) is 17.1 Å². The average molecular weight is 418 g/mol. The van der Waals surface area contributed by atoms with E-state index in [9.17, 15) is 0 Å². The van der Waals surface area contributed by atoms with Crippen LogP contribution in [0.15, 0.2) is 40.9 Å². The second-order valence-electron chi connectivity index (χ2n) is 5.59. The zero-order valence-electron chi connectivity index (χ0n) is 13.6. The van der Waals surface area contributed by atoms with E-state index in [2.05, 4.69) is 31.1 Å². The van der Waals surface area contributed by atoms with Crippen LogP contribution in [-0.4, -0.2) is 26.2 Å². The van der Waals surface area contributed by atoms with Crippen LogP contribution >= 0.6 is 27.5 Å². The summed E-state index contributed by atoms with van der Waals surface area (Å²) in [5.41, 5.74) is 4.07. The van der Waals surface area contributed by atoms with Gasteiger partial charge in [0.25, 0.3) is 0 Å². The summed E-state index contributed by atoms with van der Waals surface area (Å²) in [5.74, 6) is 1.41. The molecule has 126 valence electrons. The minimum Gasteiger partial charge on any atom is -0.494 e. The maximum absolute atomic E-state index is 6.45. The third-order valence-electron chi connectivity index (χ3n) is 3.94. The van der Waals surface area contributed by atoms with Crippen molar-refractivity contribution < 1.29 is 4.74 Å². The Kier molecular flexibility index (Phi) is 4.09. The predicted octanol–water partition coefficient (Wildman–Crippen LogP) is 5.07. The van der Waals surface area contributed by atoms with Crippen LogP contribution in [-0.2, 0) is 0 Å². The fourth-order valence-corrected chi connectivity index (χ4v) is 3.41. The van der Waals surface area contributed by atoms with Gasteiger partial charge in [-0.3, -0.25) is 4.40 Å². The number of benzene rings is 2. The van der Waals surface area contributed by atoms with Crippen molar-refractivity contribution in [1.29, 1.82) is 0 Å². The lowest BCUT2D eigenvalue weighted by molar-refractivity contribution is 0.340. The molecular formula is C18H14BrClN4O. The summed E-state index contributed by atoms with van der Waals surface area (Å²) in [4.78, 5) is 4.62. The van der Waals surface area contributed by atoms with Gasteiger partial charge in [-0.2, -0.15) is 0 Å². The smallest absolute Gasteiger partial charge is 0.183 e. The van der Waals surface area contributed by atoms with Gasteiger partial charge in [-0.25, -0.2) is 4.98 Å². The Labute approximate surface area is 157 Å². The van der Waals surface area contributed by atoms with E-state index in [1.807, 2.05) is 54.6 Å². The topological polar surface area (TPSA) is 52.3 Å². The van der Waals surface area contributed by atoms with E-state index in [-0.39, 0.29) is 0 Å². The van der Waals surface area contributed by atoms with Crippen LogP contribution in [0.4, 0.5) is 0 Å². The number of hydrogen-bond donors (Lipinski definition) is 0. The first-order valence-corrected chi connectivity index (χ1v) is 8.99. The highest BCUT2D eigenvalue weighted by Gasteiger charge is 2.17. The number of aromatic nitrogens is 4. The summed E-state index contributed by atoms with van der Waals surface area (Å²) < 4.78 is 8.55. The summed E-state index contributed by atoms with van der Waals surface area (Å²) in [6.07, 6.45) is 0. The van der Waals surface area contributed by atoms with E-state index >= 15 is 0 Å². The largest absolute Gasteiger partial charge is 0.494 e. The van der Waals surface area contributed by atoms with E-state index in [4.69, 9.17) is 16.3 Å². The van der Waals surface area contributed by atoms with Gasteiger partial charge >= 0.3 is 0 Å². The fourth-order valence-electron chi connectivity index (χ4n) is 2.85. The summed E-state index contributed by atoms with van der Waals surface area (Å²) in [6, 6.07) is 11.5. The molecule has 0 spiro atoms. The van der Waals surface area contributed by atoms with Crippen LogP contribution < -0.4 is 4.74 Å². The van der Waals surface area contributed by atoms with Crippen LogP contribution in [0.3, 0.4) is 0 Å². The lowest BCUT2D eigenvalue weighted by atomic mass is 10.2. The van der Waals surface area contributed by atoms with Gasteiger partial charge in [0.1, 0.15) is 5.75 Å². The van der Waals surface area contributed by atoms with Crippen LogP contribution in [0, 0.1) is 6.92 Å². The summed E-state index contributed by atoms with van der Waals surface area (Å²) in [7, 11) is 0. The molecule has 2 aromatic carbocycles. The molecular weight excluding hydrogens is 404 g/mol. The molecule has 2 heterocycles. The second kappa shape index (κ2) is 6.28. The van der Waals surface area contributed by atoms with Gasteiger partial charge in [0, 0.05) is 10.0 Å². The van der Waals surface area contributed by atoms with Crippen molar-refractivity contribution in [2.45, 2.75) is 13.8 Å². The monoisotopic (exact) mass is 416 g/mol. The predicted molar refractivity (Wildman–Crippen MR) is 102 cm³/mol. The molecule has 5 nitrogen and oxygen atoms in total. The minimum absolute atomic E-state index is 0.584. The SMILES string of the molecule is CCOc1ccc(Cl)c(-c2nnc3c(C)nc4ccc(Br)cc4n23)c1. The van der Waals surface area contributed by atoms with Crippen molar-refractivity contribution in [3.05, 3.63) is 51.6 Å². The average Bonchev–Trinajstić information content (AvgIpc) is 3.03. The molecule has 7 heteroatoms. The third kappa shape index (κ3) is 2.75. The van der Waals surface area contributed by atoms with Crippen molar-refractivity contribution in [3.63, 3.8) is 0 Å². The minimum atomic E-state index is 0.584. The maximum Gasteiger partial charge on any atom is 0.183 e. The summed E-state index contributed by atoms with van der Waals surface area (Å²) in [6.45, 7) is 4.45. The Balaban J connectivity index is 2.08. The van der Waals surface area contributed by atoms with Gasteiger partial charge in [-0.1, -0.05) is 27.5 Å². The maximum atomic E-state index is 6.45. The number of fused-ring (bicyclic) bond motifs is 3. The van der Waals surface area contributed by atoms with E-state index < -0.39 is 0 Å². The van der Waals surface area contributed by atoms with Gasteiger partial charge in [-0.15, -0.1) is 10.2 Å². The molecule has 0 unspecified atom stereocenters. The number of rotatable bonds is 3. The van der Waals surface area contributed by atoms with Gasteiger partial charge in [-0.05, 0) is 50.2 Å². The zero-order valence-corrected chi connectivity index (χ0v) is 16.0. The number of nitrogens with zero attached hydrogens (tertiary/aromatic N) is 4. The molecule has 4 aromatic rings. The number of hydrogen-bond acceptors (Lipinski definition) is 4. The Hall–Kier alpha value is -2.18. The molecule has 0 aliphatic rings. The van der Waals surface area contributed by atoms with E-state index in [1.165, 1.54) is 0 Å². The first-order valence-electron chi connectivity index (χ1n) is 7.82. The van der Waals surface area contributed by atoms with Crippen LogP contribution in [0.5, 0.6) is 5.75 Å². The highest BCUT2D eigenvalue weighted by Crippen LogP contribution is 2.33. The highest BCUT2D eigenvalue weighted by atomic mass is 79.9. The van der Waals surface area contributed by atoms with Crippen LogP contribution in [0.25, 0.3) is 28.1 Å². The first-order chi connectivity index (χ1) is 12.1. The summed E-state index contributed by atoms with van der Waals surface area (Å²) in [5, 5.41) is 9.31.